The highest BCUT2D eigenvalue weighted by Crippen LogP contribution is 2.27. The predicted molar refractivity (Wildman–Crippen MR) is 108 cm³/mol. The van der Waals surface area contributed by atoms with Crippen molar-refractivity contribution in [2.24, 2.45) is 0 Å². The Morgan fingerprint density at radius 2 is 1.46 bits per heavy atom. The molecule has 0 aliphatic rings. The lowest BCUT2D eigenvalue weighted by atomic mass is 10.0. The van der Waals surface area contributed by atoms with Gasteiger partial charge in [0, 0.05) is 17.8 Å². The van der Waals surface area contributed by atoms with Crippen LogP contribution in [0, 0.1) is 0 Å². The number of amides is 1. The second-order valence-corrected chi connectivity index (χ2v) is 6.48. The molecular formula is C23H24N2O. The van der Waals surface area contributed by atoms with Gasteiger partial charge in [-0.15, -0.1) is 0 Å². The van der Waals surface area contributed by atoms with Crippen molar-refractivity contribution < 1.29 is 4.79 Å². The Kier molecular flexibility index (Phi) is 5.82. The average molecular weight is 344 g/mol. The summed E-state index contributed by atoms with van der Waals surface area (Å²) in [6.45, 7) is 2.67. The Morgan fingerprint density at radius 1 is 0.885 bits per heavy atom. The molecule has 3 aromatic carbocycles. The molecule has 0 heterocycles. The van der Waals surface area contributed by atoms with Crippen LogP contribution in [0.1, 0.15) is 12.5 Å². The maximum Gasteiger partial charge on any atom is 0.241 e. The summed E-state index contributed by atoms with van der Waals surface area (Å²) in [7, 11) is 1.97. The number of likely N-dealkylation sites (N-methyl/N-ethyl adjacent to an activating group) is 1. The zero-order chi connectivity index (χ0) is 18.4. The summed E-state index contributed by atoms with van der Waals surface area (Å²) in [5.74, 6) is -0.00758. The van der Waals surface area contributed by atoms with Crippen LogP contribution in [0.2, 0.25) is 0 Å². The van der Waals surface area contributed by atoms with E-state index in [-0.39, 0.29) is 11.9 Å². The van der Waals surface area contributed by atoms with Gasteiger partial charge in [-0.2, -0.15) is 0 Å². The standard InChI is InChI=1S/C23H24N2O/c1-18(25(2)17-19-11-5-3-6-12-19)23(26)24-22-16-10-9-15-21(22)20-13-7-4-8-14-20/h3-16,18H,17H2,1-2H3,(H,24,26)/t18-/m1/s1. The zero-order valence-corrected chi connectivity index (χ0v) is 15.2. The maximum absolute atomic E-state index is 12.8. The Hall–Kier alpha value is -2.91. The molecule has 0 unspecified atom stereocenters. The first-order valence-electron chi connectivity index (χ1n) is 8.84. The molecule has 26 heavy (non-hydrogen) atoms. The van der Waals surface area contributed by atoms with Gasteiger partial charge in [0.05, 0.1) is 6.04 Å². The van der Waals surface area contributed by atoms with Crippen molar-refractivity contribution in [3.8, 4) is 11.1 Å². The Balaban J connectivity index is 1.72. The minimum Gasteiger partial charge on any atom is -0.324 e. The van der Waals surface area contributed by atoms with Crippen LogP contribution in [-0.2, 0) is 11.3 Å². The van der Waals surface area contributed by atoms with E-state index in [0.29, 0.717) is 0 Å². The molecule has 0 radical (unpaired) electrons. The van der Waals surface area contributed by atoms with Crippen LogP contribution < -0.4 is 5.32 Å². The van der Waals surface area contributed by atoms with E-state index in [9.17, 15) is 4.79 Å². The van der Waals surface area contributed by atoms with Crippen LogP contribution in [0.25, 0.3) is 11.1 Å². The molecule has 1 N–H and O–H groups in total. The largest absolute Gasteiger partial charge is 0.324 e. The van der Waals surface area contributed by atoms with E-state index >= 15 is 0 Å². The molecular weight excluding hydrogens is 320 g/mol. The van der Waals surface area contributed by atoms with Gasteiger partial charge in [0.2, 0.25) is 5.91 Å². The number of anilines is 1. The molecule has 3 aromatic rings. The van der Waals surface area contributed by atoms with Crippen molar-refractivity contribution in [3.63, 3.8) is 0 Å². The highest BCUT2D eigenvalue weighted by atomic mass is 16.2. The van der Waals surface area contributed by atoms with E-state index in [0.717, 1.165) is 23.4 Å². The second kappa shape index (κ2) is 8.45. The minimum absolute atomic E-state index is 0.00758. The van der Waals surface area contributed by atoms with E-state index in [2.05, 4.69) is 34.5 Å². The number of hydrogen-bond donors (Lipinski definition) is 1. The molecule has 0 saturated carbocycles. The van der Waals surface area contributed by atoms with Gasteiger partial charge in [-0.3, -0.25) is 9.69 Å². The maximum atomic E-state index is 12.8. The Morgan fingerprint density at radius 3 is 2.15 bits per heavy atom. The van der Waals surface area contributed by atoms with Gasteiger partial charge in [-0.05, 0) is 31.2 Å². The van der Waals surface area contributed by atoms with Gasteiger partial charge in [0.15, 0.2) is 0 Å². The van der Waals surface area contributed by atoms with E-state index < -0.39 is 0 Å². The minimum atomic E-state index is -0.237. The number of carbonyl (C=O) groups is 1. The summed E-state index contributed by atoms with van der Waals surface area (Å²) >= 11 is 0. The molecule has 0 aromatic heterocycles. The first kappa shape index (κ1) is 17.9. The van der Waals surface area contributed by atoms with Crippen molar-refractivity contribution in [1.29, 1.82) is 0 Å². The van der Waals surface area contributed by atoms with Gasteiger partial charge in [0.1, 0.15) is 0 Å². The summed E-state index contributed by atoms with van der Waals surface area (Å²) < 4.78 is 0. The van der Waals surface area contributed by atoms with Crippen LogP contribution in [0.5, 0.6) is 0 Å². The molecule has 1 atom stereocenters. The molecule has 3 heteroatoms. The molecule has 0 saturated heterocycles. The predicted octanol–water partition coefficient (Wildman–Crippen LogP) is 4.81. The lowest BCUT2D eigenvalue weighted by molar-refractivity contribution is -0.120. The Bertz CT molecular complexity index is 846. The van der Waals surface area contributed by atoms with Crippen molar-refractivity contribution >= 4 is 11.6 Å². The summed E-state index contributed by atoms with van der Waals surface area (Å²) in [4.78, 5) is 14.8. The van der Waals surface area contributed by atoms with Gasteiger partial charge in [-0.25, -0.2) is 0 Å². The zero-order valence-electron chi connectivity index (χ0n) is 15.2. The fraction of sp³-hybridized carbons (Fsp3) is 0.174. The third-order valence-electron chi connectivity index (χ3n) is 4.59. The van der Waals surface area contributed by atoms with E-state index in [1.807, 2.05) is 74.6 Å². The van der Waals surface area contributed by atoms with Crippen LogP contribution in [-0.4, -0.2) is 23.9 Å². The monoisotopic (exact) mass is 344 g/mol. The number of benzene rings is 3. The summed E-state index contributed by atoms with van der Waals surface area (Å²) in [6.07, 6.45) is 0. The van der Waals surface area contributed by atoms with Gasteiger partial charge >= 0.3 is 0 Å². The molecule has 1 amide bonds. The van der Waals surface area contributed by atoms with Crippen LogP contribution in [0.15, 0.2) is 84.9 Å². The number of carbonyl (C=O) groups excluding carboxylic acids is 1. The normalized spacial score (nSPS) is 12.0. The number of nitrogens with zero attached hydrogens (tertiary/aromatic N) is 1. The van der Waals surface area contributed by atoms with Gasteiger partial charge in [0.25, 0.3) is 0 Å². The summed E-state index contributed by atoms with van der Waals surface area (Å²) in [6, 6.07) is 28.0. The molecule has 0 bridgehead atoms. The third-order valence-corrected chi connectivity index (χ3v) is 4.59. The number of para-hydroxylation sites is 1. The molecule has 132 valence electrons. The van der Waals surface area contributed by atoms with E-state index in [4.69, 9.17) is 0 Å². The quantitative estimate of drug-likeness (QED) is 0.696. The summed E-state index contributed by atoms with van der Waals surface area (Å²) in [5.41, 5.74) is 4.15. The van der Waals surface area contributed by atoms with Gasteiger partial charge in [-0.1, -0.05) is 78.9 Å². The molecule has 3 rings (SSSR count). The molecule has 0 spiro atoms. The lowest BCUT2D eigenvalue weighted by Gasteiger charge is -2.24. The smallest absolute Gasteiger partial charge is 0.241 e. The highest BCUT2D eigenvalue weighted by molar-refractivity contribution is 5.98. The van der Waals surface area contributed by atoms with Crippen LogP contribution >= 0.6 is 0 Å². The molecule has 3 nitrogen and oxygen atoms in total. The highest BCUT2D eigenvalue weighted by Gasteiger charge is 2.19. The van der Waals surface area contributed by atoms with E-state index in [1.54, 1.807) is 0 Å². The third kappa shape index (κ3) is 4.38. The fourth-order valence-corrected chi connectivity index (χ4v) is 2.91. The lowest BCUT2D eigenvalue weighted by Crippen LogP contribution is -2.39. The number of hydrogen-bond acceptors (Lipinski definition) is 2. The molecule has 0 aliphatic carbocycles. The number of nitrogens with one attached hydrogen (secondary N) is 1. The number of rotatable bonds is 6. The van der Waals surface area contributed by atoms with Gasteiger partial charge < -0.3 is 5.32 Å². The first-order valence-corrected chi connectivity index (χ1v) is 8.84. The van der Waals surface area contributed by atoms with Crippen molar-refractivity contribution in [3.05, 3.63) is 90.5 Å². The van der Waals surface area contributed by atoms with Crippen molar-refractivity contribution in [1.82, 2.24) is 4.90 Å². The topological polar surface area (TPSA) is 32.3 Å². The van der Waals surface area contributed by atoms with Crippen LogP contribution in [0.4, 0.5) is 5.69 Å². The first-order chi connectivity index (χ1) is 12.6. The van der Waals surface area contributed by atoms with Crippen LogP contribution in [0.3, 0.4) is 0 Å². The molecule has 0 aliphatic heterocycles. The molecule has 0 fully saturated rings. The Labute approximate surface area is 155 Å². The average Bonchev–Trinajstić information content (AvgIpc) is 2.69. The second-order valence-electron chi connectivity index (χ2n) is 6.48. The van der Waals surface area contributed by atoms with Crippen molar-refractivity contribution in [2.45, 2.75) is 19.5 Å². The van der Waals surface area contributed by atoms with Crippen molar-refractivity contribution in [2.75, 3.05) is 12.4 Å². The van der Waals surface area contributed by atoms with E-state index in [1.165, 1.54) is 5.56 Å². The summed E-state index contributed by atoms with van der Waals surface area (Å²) in [5, 5.41) is 3.09. The fourth-order valence-electron chi connectivity index (χ4n) is 2.91. The SMILES string of the molecule is C[C@H](C(=O)Nc1ccccc1-c1ccccc1)N(C)Cc1ccccc1.